The van der Waals surface area contributed by atoms with Crippen LogP contribution in [0, 0.1) is 12.8 Å². The van der Waals surface area contributed by atoms with Crippen LogP contribution in [-0.2, 0) is 23.9 Å². The first kappa shape index (κ1) is 25.2. The smallest absolute Gasteiger partial charge is 0.326 e. The van der Waals surface area contributed by atoms with Gasteiger partial charge in [0.2, 0.25) is 5.91 Å². The molecule has 34 heavy (non-hydrogen) atoms. The highest BCUT2D eigenvalue weighted by Crippen LogP contribution is 2.37. The first-order valence-electron chi connectivity index (χ1n) is 11.5. The number of aryl methyl sites for hydroxylation is 1. The van der Waals surface area contributed by atoms with Crippen LogP contribution < -0.4 is 10.6 Å². The van der Waals surface area contributed by atoms with E-state index in [1.807, 2.05) is 19.1 Å². The highest BCUT2D eigenvalue weighted by Gasteiger charge is 2.52. The van der Waals surface area contributed by atoms with E-state index in [4.69, 9.17) is 4.74 Å². The molecule has 1 aliphatic heterocycles. The minimum Gasteiger partial charge on any atom is -0.454 e. The third kappa shape index (κ3) is 5.92. The fourth-order valence-electron chi connectivity index (χ4n) is 4.31. The third-order valence-electron chi connectivity index (χ3n) is 6.57. The summed E-state index contributed by atoms with van der Waals surface area (Å²) in [6, 6.07) is 6.60. The number of imide groups is 1. The second-order valence-corrected chi connectivity index (χ2v) is 9.08. The van der Waals surface area contributed by atoms with Crippen molar-refractivity contribution in [1.82, 2.24) is 15.1 Å². The van der Waals surface area contributed by atoms with Crippen molar-refractivity contribution in [2.24, 2.45) is 5.92 Å². The summed E-state index contributed by atoms with van der Waals surface area (Å²) >= 11 is 0. The maximum Gasteiger partial charge on any atom is 0.326 e. The van der Waals surface area contributed by atoms with Crippen molar-refractivity contribution in [3.63, 3.8) is 0 Å². The molecule has 1 aliphatic carbocycles. The number of anilines is 1. The second kappa shape index (κ2) is 10.7. The molecular weight excluding hydrogens is 440 g/mol. The summed E-state index contributed by atoms with van der Waals surface area (Å²) in [6.07, 6.45) is 3.83. The number of hydrogen-bond donors (Lipinski definition) is 2. The zero-order valence-corrected chi connectivity index (χ0v) is 19.9. The van der Waals surface area contributed by atoms with Crippen LogP contribution in [0.3, 0.4) is 0 Å². The Bertz CT molecular complexity index is 953. The van der Waals surface area contributed by atoms with E-state index in [1.54, 1.807) is 12.1 Å². The molecule has 0 atom stereocenters. The fourth-order valence-corrected chi connectivity index (χ4v) is 4.31. The van der Waals surface area contributed by atoms with E-state index in [9.17, 15) is 24.0 Å². The van der Waals surface area contributed by atoms with Crippen LogP contribution in [0.2, 0.25) is 0 Å². The maximum atomic E-state index is 12.9. The van der Waals surface area contributed by atoms with Crippen LogP contribution in [0.15, 0.2) is 24.3 Å². The van der Waals surface area contributed by atoms with Gasteiger partial charge in [0.05, 0.1) is 6.54 Å². The summed E-state index contributed by atoms with van der Waals surface area (Å²) in [6.45, 7) is 2.66. The Balaban J connectivity index is 1.43. The molecule has 10 nitrogen and oxygen atoms in total. The molecule has 1 aromatic carbocycles. The van der Waals surface area contributed by atoms with Crippen LogP contribution in [-0.4, -0.2) is 71.8 Å². The largest absolute Gasteiger partial charge is 0.454 e. The molecule has 0 bridgehead atoms. The number of carbonyl (C=O) groups is 5. The van der Waals surface area contributed by atoms with Crippen molar-refractivity contribution in [2.75, 3.05) is 32.1 Å². The molecule has 0 unspecified atom stereocenters. The van der Waals surface area contributed by atoms with Crippen molar-refractivity contribution in [2.45, 2.75) is 51.5 Å². The van der Waals surface area contributed by atoms with E-state index < -0.39 is 48.4 Å². The quantitative estimate of drug-likeness (QED) is 0.439. The van der Waals surface area contributed by atoms with Crippen LogP contribution in [0.1, 0.15) is 44.6 Å². The number of likely N-dealkylation sites (N-methyl/N-ethyl adjacent to an activating group) is 1. The summed E-state index contributed by atoms with van der Waals surface area (Å²) in [7, 11) is 1.42. The van der Waals surface area contributed by atoms with Crippen molar-refractivity contribution in [3.8, 4) is 0 Å². The number of rotatable bonds is 8. The Morgan fingerprint density at radius 1 is 1.18 bits per heavy atom. The highest BCUT2D eigenvalue weighted by atomic mass is 16.5. The lowest BCUT2D eigenvalue weighted by Gasteiger charge is -2.34. The van der Waals surface area contributed by atoms with Gasteiger partial charge in [-0.25, -0.2) is 4.79 Å². The van der Waals surface area contributed by atoms with Gasteiger partial charge in [-0.2, -0.15) is 0 Å². The zero-order chi connectivity index (χ0) is 24.9. The van der Waals surface area contributed by atoms with Crippen molar-refractivity contribution >= 4 is 35.4 Å². The summed E-state index contributed by atoms with van der Waals surface area (Å²) in [5.74, 6) is -1.72. The molecule has 0 aromatic heterocycles. The van der Waals surface area contributed by atoms with E-state index in [2.05, 4.69) is 17.6 Å². The lowest BCUT2D eigenvalue weighted by Crippen LogP contribution is -2.49. The molecular formula is C24H32N4O6. The van der Waals surface area contributed by atoms with Gasteiger partial charge in [-0.1, -0.05) is 31.0 Å². The molecule has 2 aliphatic rings. The average Bonchev–Trinajstić information content (AvgIpc) is 3.03. The average molecular weight is 473 g/mol. The molecule has 0 radical (unpaired) electrons. The van der Waals surface area contributed by atoms with Crippen molar-refractivity contribution < 1.29 is 28.7 Å². The minimum atomic E-state index is -0.941. The van der Waals surface area contributed by atoms with Gasteiger partial charge in [0.15, 0.2) is 6.61 Å². The van der Waals surface area contributed by atoms with Gasteiger partial charge in [-0.3, -0.25) is 24.1 Å². The van der Waals surface area contributed by atoms with E-state index >= 15 is 0 Å². The van der Waals surface area contributed by atoms with Gasteiger partial charge >= 0.3 is 12.0 Å². The third-order valence-corrected chi connectivity index (χ3v) is 6.57. The summed E-state index contributed by atoms with van der Waals surface area (Å²) in [5.41, 5.74) is 0.723. The maximum absolute atomic E-state index is 12.9. The second-order valence-electron chi connectivity index (χ2n) is 9.08. The van der Waals surface area contributed by atoms with Gasteiger partial charge in [-0.15, -0.1) is 0 Å². The number of esters is 1. The summed E-state index contributed by atoms with van der Waals surface area (Å²) in [5, 5.41) is 5.44. The SMILES string of the molecule is CCC1CCC2(CC1)NC(=O)N(CC(=O)OCC(=O)N(C)CC(=O)Nc1ccc(C)cc1)C2=O. The Labute approximate surface area is 199 Å². The highest BCUT2D eigenvalue weighted by molar-refractivity contribution is 6.08. The lowest BCUT2D eigenvalue weighted by molar-refractivity contribution is -0.153. The molecule has 1 spiro atoms. The van der Waals surface area contributed by atoms with Crippen LogP contribution in [0.5, 0.6) is 0 Å². The first-order chi connectivity index (χ1) is 16.1. The van der Waals surface area contributed by atoms with Crippen LogP contribution >= 0.6 is 0 Å². The number of carbonyl (C=O) groups excluding carboxylic acids is 5. The Hall–Kier alpha value is -3.43. The number of nitrogens with one attached hydrogen (secondary N) is 2. The molecule has 5 amide bonds. The number of hydrogen-bond acceptors (Lipinski definition) is 6. The van der Waals surface area contributed by atoms with Gasteiger partial charge in [-0.05, 0) is 50.7 Å². The zero-order valence-electron chi connectivity index (χ0n) is 19.9. The Morgan fingerprint density at radius 2 is 1.82 bits per heavy atom. The topological polar surface area (TPSA) is 125 Å². The number of nitrogens with zero attached hydrogens (tertiary/aromatic N) is 2. The predicted molar refractivity (Wildman–Crippen MR) is 124 cm³/mol. The number of ether oxygens (including phenoxy) is 1. The first-order valence-corrected chi connectivity index (χ1v) is 11.5. The van der Waals surface area contributed by atoms with Gasteiger partial charge in [0, 0.05) is 12.7 Å². The van der Waals surface area contributed by atoms with Gasteiger partial charge in [0.1, 0.15) is 12.1 Å². The monoisotopic (exact) mass is 472 g/mol. The normalized spacial score (nSPS) is 21.9. The number of amides is 5. The molecule has 1 heterocycles. The molecule has 10 heteroatoms. The molecule has 1 aromatic rings. The van der Waals surface area contributed by atoms with Crippen LogP contribution in [0.25, 0.3) is 0 Å². The van der Waals surface area contributed by atoms with E-state index in [0.717, 1.165) is 34.6 Å². The van der Waals surface area contributed by atoms with Crippen molar-refractivity contribution in [3.05, 3.63) is 29.8 Å². The van der Waals surface area contributed by atoms with Gasteiger partial charge < -0.3 is 20.3 Å². The predicted octanol–water partition coefficient (Wildman–Crippen LogP) is 1.83. The fraction of sp³-hybridized carbons (Fsp3) is 0.542. The van der Waals surface area contributed by atoms with Crippen LogP contribution in [0.4, 0.5) is 10.5 Å². The summed E-state index contributed by atoms with van der Waals surface area (Å²) < 4.78 is 4.97. The lowest BCUT2D eigenvalue weighted by atomic mass is 9.75. The summed E-state index contributed by atoms with van der Waals surface area (Å²) in [4.78, 5) is 63.8. The van der Waals surface area contributed by atoms with E-state index in [0.29, 0.717) is 24.4 Å². The van der Waals surface area contributed by atoms with E-state index in [-0.39, 0.29) is 6.54 Å². The number of benzene rings is 1. The molecule has 184 valence electrons. The van der Waals surface area contributed by atoms with Gasteiger partial charge in [0.25, 0.3) is 11.8 Å². The number of urea groups is 1. The minimum absolute atomic E-state index is 0.224. The molecule has 1 saturated heterocycles. The molecule has 3 rings (SSSR count). The molecule has 1 saturated carbocycles. The van der Waals surface area contributed by atoms with E-state index in [1.165, 1.54) is 7.05 Å². The molecule has 2 N–H and O–H groups in total. The van der Waals surface area contributed by atoms with Crippen molar-refractivity contribution in [1.29, 1.82) is 0 Å². The Kier molecular flexibility index (Phi) is 7.90. The standard InChI is InChI=1S/C24H32N4O6/c1-4-17-9-11-24(12-10-17)22(32)28(23(33)26-24)14-21(31)34-15-20(30)27(3)13-19(29)25-18-7-5-16(2)6-8-18/h5-8,17H,4,9-15H2,1-3H3,(H,25,29)(H,26,33). The molecule has 2 fully saturated rings. The Morgan fingerprint density at radius 3 is 2.44 bits per heavy atom.